The van der Waals surface area contributed by atoms with Gasteiger partial charge in [-0.25, -0.2) is 0 Å². The maximum Gasteiger partial charge on any atom is 0.121 e. The van der Waals surface area contributed by atoms with Gasteiger partial charge in [0.2, 0.25) is 0 Å². The monoisotopic (exact) mass is 1090 g/mol. The lowest BCUT2D eigenvalue weighted by atomic mass is 9.76. The molecule has 8 N–H and O–H groups in total. The van der Waals surface area contributed by atoms with Crippen molar-refractivity contribution in [2.45, 2.75) is 169 Å². The van der Waals surface area contributed by atoms with Crippen LogP contribution in [0.3, 0.4) is 0 Å². The van der Waals surface area contributed by atoms with Crippen molar-refractivity contribution in [1.82, 2.24) is 0 Å². The molecule has 0 aromatic heterocycles. The number of rotatable bonds is 9. The van der Waals surface area contributed by atoms with E-state index in [0.717, 1.165) is 102 Å². The van der Waals surface area contributed by atoms with E-state index in [2.05, 4.69) is 52.0 Å². The fraction of sp³-hybridized carbons (Fsp3) is 0.342. The molecule has 0 aliphatic heterocycles. The van der Waals surface area contributed by atoms with Gasteiger partial charge in [0, 0.05) is 17.3 Å². The van der Waals surface area contributed by atoms with Crippen LogP contribution in [0.4, 0.5) is 0 Å². The van der Waals surface area contributed by atoms with Crippen LogP contribution in [0.5, 0.6) is 46.0 Å². The Balaban J connectivity index is 0.000000198. The minimum atomic E-state index is -0.188. The highest BCUT2D eigenvalue weighted by Crippen LogP contribution is 2.40. The third-order valence-electron chi connectivity index (χ3n) is 16.2. The van der Waals surface area contributed by atoms with Gasteiger partial charge in [-0.15, -0.1) is 0 Å². The molecule has 8 nitrogen and oxygen atoms in total. The summed E-state index contributed by atoms with van der Waals surface area (Å²) in [5, 5.41) is 79.1. The molecule has 0 heterocycles. The topological polar surface area (TPSA) is 162 Å². The summed E-state index contributed by atoms with van der Waals surface area (Å²) in [6.07, 6.45) is 1.79. The summed E-state index contributed by atoms with van der Waals surface area (Å²) in [5.41, 5.74) is 23.8. The number of phenolic OH excluding ortho intramolecular Hbond substituents is 8. The van der Waals surface area contributed by atoms with Crippen LogP contribution in [-0.2, 0) is 11.8 Å². The minimum Gasteiger partial charge on any atom is -0.507 e. The van der Waals surface area contributed by atoms with Crippen molar-refractivity contribution in [3.63, 3.8) is 0 Å². The molecule has 0 fully saturated rings. The van der Waals surface area contributed by atoms with Crippen LogP contribution in [0.2, 0.25) is 0 Å². The molecule has 430 valence electrons. The van der Waals surface area contributed by atoms with Crippen molar-refractivity contribution in [2.75, 3.05) is 0 Å². The van der Waals surface area contributed by atoms with Crippen molar-refractivity contribution in [2.24, 2.45) is 0 Å². The van der Waals surface area contributed by atoms with Gasteiger partial charge in [-0.05, 0) is 257 Å². The quantitative estimate of drug-likeness (QED) is 0.0709. The molecule has 0 unspecified atom stereocenters. The summed E-state index contributed by atoms with van der Waals surface area (Å²) in [7, 11) is 0. The van der Waals surface area contributed by atoms with Crippen molar-refractivity contribution >= 4 is 0 Å². The first-order chi connectivity index (χ1) is 37.7. The molecule has 8 aromatic carbocycles. The molecule has 8 heteroatoms. The van der Waals surface area contributed by atoms with E-state index < -0.39 is 0 Å². The smallest absolute Gasteiger partial charge is 0.121 e. The zero-order valence-electron chi connectivity index (χ0n) is 51.9. The lowest BCUT2D eigenvalue weighted by Gasteiger charge is -2.28. The first-order valence-corrected chi connectivity index (χ1v) is 28.1. The molecule has 0 radical (unpaired) electrons. The van der Waals surface area contributed by atoms with Crippen LogP contribution in [0.15, 0.2) is 97.1 Å². The third-order valence-corrected chi connectivity index (χ3v) is 16.2. The van der Waals surface area contributed by atoms with E-state index in [9.17, 15) is 40.9 Å². The molecule has 8 aromatic rings. The maximum absolute atomic E-state index is 9.96. The zero-order valence-corrected chi connectivity index (χ0v) is 51.9. The summed E-state index contributed by atoms with van der Waals surface area (Å²) in [6, 6.07) is 32.6. The van der Waals surface area contributed by atoms with E-state index >= 15 is 0 Å². The number of hydrogen-bond donors (Lipinski definition) is 8. The van der Waals surface area contributed by atoms with Gasteiger partial charge < -0.3 is 40.9 Å². The van der Waals surface area contributed by atoms with E-state index in [1.165, 1.54) is 44.5 Å². The largest absolute Gasteiger partial charge is 0.507 e. The molecular formula is C73H90O8. The molecule has 0 amide bonds. The van der Waals surface area contributed by atoms with Crippen molar-refractivity contribution in [3.8, 4) is 46.0 Å². The molecule has 0 bridgehead atoms. The van der Waals surface area contributed by atoms with Crippen LogP contribution in [-0.4, -0.2) is 40.9 Å². The summed E-state index contributed by atoms with van der Waals surface area (Å²) in [6.45, 7) is 39.5. The summed E-state index contributed by atoms with van der Waals surface area (Å²) >= 11 is 0. The van der Waals surface area contributed by atoms with Gasteiger partial charge in [0.1, 0.15) is 46.0 Å². The van der Waals surface area contributed by atoms with Crippen LogP contribution in [0, 0.1) is 111 Å². The molecule has 81 heavy (non-hydrogen) atoms. The predicted molar refractivity (Wildman–Crippen MR) is 335 cm³/mol. The van der Waals surface area contributed by atoms with Gasteiger partial charge in [0.15, 0.2) is 0 Å². The second-order valence-electron chi connectivity index (χ2n) is 23.6. The molecule has 0 atom stereocenters. The average Bonchev–Trinajstić information content (AvgIpc) is 3.39. The minimum absolute atomic E-state index is 0.188. The van der Waals surface area contributed by atoms with Crippen LogP contribution >= 0.6 is 0 Å². The average molecular weight is 1100 g/mol. The first-order valence-electron chi connectivity index (χ1n) is 28.1. The number of phenols is 8. The lowest BCUT2D eigenvalue weighted by Crippen LogP contribution is -2.19. The van der Waals surface area contributed by atoms with Gasteiger partial charge in [0.05, 0.1) is 0 Å². The van der Waals surface area contributed by atoms with Crippen molar-refractivity contribution in [1.29, 1.82) is 0 Å². The van der Waals surface area contributed by atoms with Gasteiger partial charge in [-0.2, -0.15) is 0 Å². The Morgan fingerprint density at radius 1 is 0.284 bits per heavy atom. The molecule has 0 saturated carbocycles. The Bertz CT molecular complexity index is 3180. The number of benzene rings is 8. The Morgan fingerprint density at radius 2 is 0.457 bits per heavy atom. The highest BCUT2D eigenvalue weighted by atomic mass is 16.3. The second-order valence-corrected chi connectivity index (χ2v) is 23.6. The second kappa shape index (κ2) is 26.2. The number of hydrogen-bond acceptors (Lipinski definition) is 8. The SMILES string of the molecule is CCC(c1cc(C)c(O)c(C)c1)c1cc(C)c(O)c(C)c1.Cc1cc(C(C)(C)c2cc(C)c(O)c(C)c2)cc(C)c1O.Cc1cc(C(C)c2cc(C)c(O)c(C)c2)cc(C)c1O.Cc1cc(Cc2cc(C)c(O)c(C)c2)cc(C)c1O. The zero-order chi connectivity index (χ0) is 60.9. The van der Waals surface area contributed by atoms with Crippen molar-refractivity contribution in [3.05, 3.63) is 231 Å². The standard InChI is InChI=1S/2C19H24O2.C18H22O2.C17H20O2/c1-11-7-15(8-12(2)17(11)20)19(5,6)16-9-13(3)18(21)14(4)10-16;1-6-17(15-7-11(2)18(20)12(3)8-15)16-9-13(4)19(21)14(5)10-16;1-10-6-15(7-11(2)17(10)19)14(5)16-8-12(3)18(20)13(4)9-16;1-10-5-14(6-11(2)16(10)18)9-15-7-12(3)17(19)13(4)8-15/h7-10,20-21H,1-6H3;7-10,17,20-21H,6H2,1-5H3;6-9,14,19-20H,1-5H3;5-8,18-19H,9H2,1-4H3. The van der Waals surface area contributed by atoms with Gasteiger partial charge >= 0.3 is 0 Å². The number of aromatic hydroxyl groups is 8. The molecular weight excluding hydrogens is 1000 g/mol. The van der Waals surface area contributed by atoms with Gasteiger partial charge in [-0.3, -0.25) is 0 Å². The molecule has 0 aliphatic carbocycles. The summed E-state index contributed by atoms with van der Waals surface area (Å²) < 4.78 is 0. The third kappa shape index (κ3) is 14.9. The lowest BCUT2D eigenvalue weighted by molar-refractivity contribution is 0.464. The first kappa shape index (κ1) is 64.0. The van der Waals surface area contributed by atoms with E-state index in [1.54, 1.807) is 0 Å². The highest BCUT2D eigenvalue weighted by Gasteiger charge is 2.26. The van der Waals surface area contributed by atoms with Crippen molar-refractivity contribution < 1.29 is 40.9 Å². The summed E-state index contributed by atoms with van der Waals surface area (Å²) in [4.78, 5) is 0. The van der Waals surface area contributed by atoms with Crippen LogP contribution in [0.1, 0.15) is 179 Å². The normalized spacial score (nSPS) is 11.2. The predicted octanol–water partition coefficient (Wildman–Crippen LogP) is 17.9. The van der Waals surface area contributed by atoms with E-state index in [1.807, 2.05) is 184 Å². The molecule has 8 rings (SSSR count). The molecule has 0 aliphatic rings. The molecule has 0 spiro atoms. The highest BCUT2D eigenvalue weighted by molar-refractivity contribution is 5.54. The Hall–Kier alpha value is -7.84. The van der Waals surface area contributed by atoms with Gasteiger partial charge in [0.25, 0.3) is 0 Å². The maximum atomic E-state index is 9.96. The number of aryl methyl sites for hydroxylation is 16. The van der Waals surface area contributed by atoms with Crippen LogP contribution in [0.25, 0.3) is 0 Å². The Kier molecular flexibility index (Phi) is 20.7. The Labute approximate surface area is 483 Å². The van der Waals surface area contributed by atoms with Gasteiger partial charge in [-0.1, -0.05) is 125 Å². The van der Waals surface area contributed by atoms with E-state index in [4.69, 9.17) is 0 Å². The van der Waals surface area contributed by atoms with E-state index in [-0.39, 0.29) is 17.3 Å². The summed E-state index contributed by atoms with van der Waals surface area (Å²) in [5.74, 6) is 3.51. The Morgan fingerprint density at radius 3 is 0.654 bits per heavy atom. The molecule has 0 saturated heterocycles. The fourth-order valence-corrected chi connectivity index (χ4v) is 11.0. The van der Waals surface area contributed by atoms with E-state index in [0.29, 0.717) is 46.0 Å². The fourth-order valence-electron chi connectivity index (χ4n) is 11.0. The van der Waals surface area contributed by atoms with Crippen LogP contribution < -0.4 is 0 Å².